The van der Waals surface area contributed by atoms with Crippen molar-refractivity contribution in [3.63, 3.8) is 0 Å². The maximum Gasteiger partial charge on any atom is 0.408 e. The Kier molecular flexibility index (Phi) is 21.0. The molecule has 2 atom stereocenters. The lowest BCUT2D eigenvalue weighted by molar-refractivity contribution is -0.119. The van der Waals surface area contributed by atoms with E-state index in [1.165, 1.54) is 51.7 Å². The van der Waals surface area contributed by atoms with Crippen molar-refractivity contribution in [2.45, 2.75) is 77.0 Å². The van der Waals surface area contributed by atoms with E-state index >= 15 is 0 Å². The smallest absolute Gasteiger partial charge is 0.408 e. The van der Waals surface area contributed by atoms with Crippen LogP contribution < -0.4 is 41.4 Å². The van der Waals surface area contributed by atoms with E-state index in [1.54, 1.807) is 75.4 Å². The van der Waals surface area contributed by atoms with Crippen LogP contribution in [0.2, 0.25) is 0 Å². The number of nitrogens with one attached hydrogen (secondary N) is 6. The molecule has 4 amide bonds. The van der Waals surface area contributed by atoms with Crippen molar-refractivity contribution in [3.05, 3.63) is 119 Å². The summed E-state index contributed by atoms with van der Waals surface area (Å²) in [4.78, 5) is 92.1. The standard InChI is InChI=1S/C50H62N6O11/c1-50(2,3)67-49(63)56-40(22-14-16-28-52-32-42(58)34-19-11-8-12-20-34)47(61)53-35-23-25-43(64-4)37(29-35)45(59)55-39(21-13-15-27-51-31-41(57)33-17-9-7-10-18-33)46(60)54-36-24-26-44(65-5)38(30-36)48(62)66-6/h7-12,17-20,23-26,29-30,39-40,51-52H,13-16,21-22,27-28,31-32H2,1-6H3,(H,53,61)(H,54,60)(H,55,59)(H,56,63)/t39-,40-/m0/s1. The van der Waals surface area contributed by atoms with E-state index in [4.69, 9.17) is 18.9 Å². The van der Waals surface area contributed by atoms with Crippen molar-refractivity contribution in [2.24, 2.45) is 0 Å². The van der Waals surface area contributed by atoms with Gasteiger partial charge >= 0.3 is 12.1 Å². The van der Waals surface area contributed by atoms with Gasteiger partial charge < -0.3 is 50.8 Å². The summed E-state index contributed by atoms with van der Waals surface area (Å²) in [6.07, 6.45) is 1.74. The largest absolute Gasteiger partial charge is 0.496 e. The number of benzene rings is 4. The molecule has 67 heavy (non-hydrogen) atoms. The third-order valence-corrected chi connectivity index (χ3v) is 10.2. The molecule has 17 heteroatoms. The number of rotatable bonds is 26. The van der Waals surface area contributed by atoms with Crippen LogP contribution in [0.4, 0.5) is 16.2 Å². The Bertz CT molecular complexity index is 2300. The average molecular weight is 923 g/mol. The number of anilines is 2. The molecule has 0 heterocycles. The topological polar surface area (TPSA) is 229 Å². The van der Waals surface area contributed by atoms with E-state index in [2.05, 4.69) is 31.9 Å². The maximum absolute atomic E-state index is 14.1. The predicted octanol–water partition coefficient (Wildman–Crippen LogP) is 6.34. The summed E-state index contributed by atoms with van der Waals surface area (Å²) in [5.74, 6) is -2.24. The summed E-state index contributed by atoms with van der Waals surface area (Å²) in [6, 6.07) is 24.6. The van der Waals surface area contributed by atoms with Crippen LogP contribution in [0.15, 0.2) is 97.1 Å². The SMILES string of the molecule is COC(=O)c1cc(NC(=O)[C@H](CCCCNCC(=O)c2ccccc2)NC(=O)c2cc(NC(=O)[C@H](CCCCNCC(=O)c3ccccc3)NC(=O)OC(C)(C)C)ccc2OC)ccc1OC. The molecule has 0 bridgehead atoms. The van der Waals surface area contributed by atoms with Crippen molar-refractivity contribution in [1.82, 2.24) is 21.3 Å². The number of ketones is 2. The zero-order chi connectivity index (χ0) is 48.8. The van der Waals surface area contributed by atoms with Crippen molar-refractivity contribution < 1.29 is 52.5 Å². The Labute approximate surface area is 391 Å². The lowest BCUT2D eigenvalue weighted by Crippen LogP contribution is -2.46. The highest BCUT2D eigenvalue weighted by Crippen LogP contribution is 2.26. The van der Waals surface area contributed by atoms with Gasteiger partial charge in [0.05, 0.1) is 40.0 Å². The molecule has 0 spiro atoms. The number of hydrogen-bond acceptors (Lipinski definition) is 13. The first-order valence-electron chi connectivity index (χ1n) is 22.1. The molecule has 358 valence electrons. The van der Waals surface area contributed by atoms with E-state index in [-0.39, 0.29) is 71.5 Å². The number of alkyl carbamates (subject to hydrolysis) is 1. The van der Waals surface area contributed by atoms with Gasteiger partial charge in [-0.1, -0.05) is 60.7 Å². The minimum atomic E-state index is -1.10. The van der Waals surface area contributed by atoms with Crippen LogP contribution in [0.25, 0.3) is 0 Å². The summed E-state index contributed by atoms with van der Waals surface area (Å²) in [7, 11) is 3.99. The van der Waals surface area contributed by atoms with Crippen LogP contribution in [0.5, 0.6) is 11.5 Å². The Morgan fingerprint density at radius 3 is 1.45 bits per heavy atom. The van der Waals surface area contributed by atoms with E-state index in [0.717, 1.165) is 0 Å². The van der Waals surface area contributed by atoms with Gasteiger partial charge in [0.15, 0.2) is 11.6 Å². The number of carbonyl (C=O) groups is 7. The number of methoxy groups -OCH3 is 3. The quantitative estimate of drug-likeness (QED) is 0.0230. The van der Waals surface area contributed by atoms with Gasteiger partial charge in [-0.05, 0) is 109 Å². The third-order valence-electron chi connectivity index (χ3n) is 10.2. The van der Waals surface area contributed by atoms with E-state index in [9.17, 15) is 33.6 Å². The molecule has 6 N–H and O–H groups in total. The first-order chi connectivity index (χ1) is 32.1. The molecule has 0 unspecified atom stereocenters. The lowest BCUT2D eigenvalue weighted by atomic mass is 10.1. The molecule has 0 aromatic heterocycles. The molecule has 4 aromatic rings. The van der Waals surface area contributed by atoms with Crippen LogP contribution in [0.3, 0.4) is 0 Å². The first kappa shape index (κ1) is 52.5. The Morgan fingerprint density at radius 2 is 1.00 bits per heavy atom. The zero-order valence-corrected chi connectivity index (χ0v) is 39.0. The third kappa shape index (κ3) is 17.7. The summed E-state index contributed by atoms with van der Waals surface area (Å²) in [6.45, 7) is 6.36. The second-order valence-corrected chi connectivity index (χ2v) is 16.4. The summed E-state index contributed by atoms with van der Waals surface area (Å²) in [5.41, 5.74) is 0.910. The van der Waals surface area contributed by atoms with Crippen LogP contribution in [-0.2, 0) is 19.1 Å². The van der Waals surface area contributed by atoms with Crippen LogP contribution in [0.1, 0.15) is 101 Å². The summed E-state index contributed by atoms with van der Waals surface area (Å²) in [5, 5.41) is 17.3. The number of carbonyl (C=O) groups excluding carboxylic acids is 7. The maximum atomic E-state index is 14.1. The van der Waals surface area contributed by atoms with E-state index in [0.29, 0.717) is 49.9 Å². The van der Waals surface area contributed by atoms with Crippen molar-refractivity contribution in [3.8, 4) is 11.5 Å². The van der Waals surface area contributed by atoms with Gasteiger partial charge in [-0.15, -0.1) is 0 Å². The molecular weight excluding hydrogens is 861 g/mol. The van der Waals surface area contributed by atoms with Crippen molar-refractivity contribution >= 4 is 52.7 Å². The highest BCUT2D eigenvalue weighted by atomic mass is 16.6. The number of unbranched alkanes of at least 4 members (excludes halogenated alkanes) is 2. The van der Waals surface area contributed by atoms with Gasteiger partial charge in [-0.3, -0.25) is 24.0 Å². The van der Waals surface area contributed by atoms with Gasteiger partial charge in [0, 0.05) is 22.5 Å². The van der Waals surface area contributed by atoms with Gasteiger partial charge in [-0.2, -0.15) is 0 Å². The molecule has 0 fully saturated rings. The molecule has 0 aliphatic rings. The van der Waals surface area contributed by atoms with Crippen molar-refractivity contribution in [2.75, 3.05) is 58.1 Å². The van der Waals surface area contributed by atoms with Crippen molar-refractivity contribution in [1.29, 1.82) is 0 Å². The predicted molar refractivity (Wildman–Crippen MR) is 254 cm³/mol. The molecule has 0 aliphatic carbocycles. The Hall–Kier alpha value is -7.11. The molecular formula is C50H62N6O11. The number of amides is 4. The highest BCUT2D eigenvalue weighted by Gasteiger charge is 2.27. The fraction of sp³-hybridized carbons (Fsp3) is 0.380. The first-order valence-corrected chi connectivity index (χ1v) is 22.1. The lowest BCUT2D eigenvalue weighted by Gasteiger charge is -2.23. The second-order valence-electron chi connectivity index (χ2n) is 16.4. The zero-order valence-electron chi connectivity index (χ0n) is 39.0. The molecule has 0 saturated heterocycles. The highest BCUT2D eigenvalue weighted by molar-refractivity contribution is 6.05. The molecule has 17 nitrogen and oxygen atoms in total. The average Bonchev–Trinajstić information content (AvgIpc) is 3.32. The minimum absolute atomic E-state index is 0.00407. The monoisotopic (exact) mass is 922 g/mol. The normalized spacial score (nSPS) is 11.9. The molecule has 4 aromatic carbocycles. The molecule has 0 aliphatic heterocycles. The van der Waals surface area contributed by atoms with Gasteiger partial charge in [-0.25, -0.2) is 9.59 Å². The molecule has 0 saturated carbocycles. The number of ether oxygens (including phenoxy) is 4. The molecule has 4 rings (SSSR count). The summed E-state index contributed by atoms with van der Waals surface area (Å²) < 4.78 is 21.1. The molecule has 0 radical (unpaired) electrons. The van der Waals surface area contributed by atoms with Crippen LogP contribution in [0, 0.1) is 0 Å². The van der Waals surface area contributed by atoms with Gasteiger partial charge in [0.25, 0.3) is 5.91 Å². The number of esters is 1. The van der Waals surface area contributed by atoms with Gasteiger partial charge in [0.2, 0.25) is 11.8 Å². The summed E-state index contributed by atoms with van der Waals surface area (Å²) >= 11 is 0. The number of Topliss-reactive ketones (excluding diaryl/α,β-unsaturated/α-hetero) is 2. The van der Waals surface area contributed by atoms with Gasteiger partial charge in [0.1, 0.15) is 34.7 Å². The Balaban J connectivity index is 1.46. The number of hydrogen-bond donors (Lipinski definition) is 6. The minimum Gasteiger partial charge on any atom is -0.496 e. The second kappa shape index (κ2) is 26.8. The fourth-order valence-corrected chi connectivity index (χ4v) is 6.75. The van der Waals surface area contributed by atoms with E-state index < -0.39 is 47.5 Å². The van der Waals surface area contributed by atoms with Crippen LogP contribution in [-0.4, -0.2) is 107 Å². The van der Waals surface area contributed by atoms with E-state index in [1.807, 2.05) is 12.1 Å². The van der Waals surface area contributed by atoms with Crippen LogP contribution >= 0.6 is 0 Å². The fourth-order valence-electron chi connectivity index (χ4n) is 6.75. The Morgan fingerprint density at radius 1 is 0.552 bits per heavy atom.